The van der Waals surface area contributed by atoms with Gasteiger partial charge in [0.1, 0.15) is 0 Å². The second-order valence-corrected chi connectivity index (χ2v) is 16.5. The Morgan fingerprint density at radius 2 is 0.870 bits per heavy atom. The third-order valence-electron chi connectivity index (χ3n) is 12.3. The number of benzene rings is 8. The van der Waals surface area contributed by atoms with Crippen LogP contribution < -0.4 is 4.90 Å². The van der Waals surface area contributed by atoms with Crippen molar-refractivity contribution >= 4 is 33.4 Å². The van der Waals surface area contributed by atoms with Gasteiger partial charge in [-0.3, -0.25) is 4.79 Å². The topological polar surface area (TPSA) is 25.2 Å². The van der Waals surface area contributed by atoms with E-state index in [0.29, 0.717) is 41.2 Å². The highest BCUT2D eigenvalue weighted by molar-refractivity contribution is 6.17. The van der Waals surface area contributed by atoms with Crippen LogP contribution >= 0.6 is 0 Å². The van der Waals surface area contributed by atoms with E-state index in [1.165, 1.54) is 36.4 Å². The van der Waals surface area contributed by atoms with Gasteiger partial charge >= 0.3 is 24.7 Å². The van der Waals surface area contributed by atoms with Crippen molar-refractivity contribution in [2.75, 3.05) is 4.90 Å². The average molecular weight is 951 g/mol. The van der Waals surface area contributed by atoms with Gasteiger partial charge in [0.2, 0.25) is 0 Å². The first-order valence-electron chi connectivity index (χ1n) is 21.0. The van der Waals surface area contributed by atoms with E-state index in [-0.39, 0.29) is 57.2 Å². The maximum Gasteiger partial charge on any atom is 0.417 e. The molecule has 0 radical (unpaired) electrons. The number of amides is 1. The Hall–Kier alpha value is -7.81. The van der Waals surface area contributed by atoms with E-state index >= 15 is 4.79 Å². The fraction of sp³-hybridized carbons (Fsp3) is 0.0926. The molecule has 0 bridgehead atoms. The standard InChI is InChI=1S/C54H30F12N2O/c55-51(56,57)36-17-19-38(43(27-36)53(61,62)63)33-15-22-46-41(25-33)42-26-34(39-20-18-37(52(58,59)60)28-44(39)54(64,65)66)16-23-47(42)68(46)48-13-7-12-35-29-67(50(69)49(35)48)45-21-14-32(30-8-3-1-4-9-30)24-40(45)31-10-5-2-6-11-31/h1-28H,29H2. The number of alkyl halides is 12. The SMILES string of the molecule is O=C1c2c(cccc2-n2c3ccc(-c4ccc(C(F)(F)F)cc4C(F)(F)F)cc3c3cc(-c4ccc(C(F)(F)F)cc4C(F)(F)F)ccc32)CN1c1ccc(-c2ccccc2)cc1-c1ccccc1. The lowest BCUT2D eigenvalue weighted by atomic mass is 9.94. The van der Waals surface area contributed by atoms with E-state index in [2.05, 4.69) is 0 Å². The minimum Gasteiger partial charge on any atom is -0.308 e. The third kappa shape index (κ3) is 8.04. The summed E-state index contributed by atoms with van der Waals surface area (Å²) in [6, 6.07) is 40.1. The number of rotatable bonds is 6. The molecule has 0 unspecified atom stereocenters. The lowest BCUT2D eigenvalue weighted by Crippen LogP contribution is -2.24. The maximum atomic E-state index is 15.0. The molecule has 0 fully saturated rings. The lowest BCUT2D eigenvalue weighted by molar-refractivity contribution is -0.144. The molecule has 0 spiro atoms. The summed E-state index contributed by atoms with van der Waals surface area (Å²) in [4.78, 5) is 16.6. The monoisotopic (exact) mass is 950 g/mol. The Kier molecular flexibility index (Phi) is 10.5. The summed E-state index contributed by atoms with van der Waals surface area (Å²) in [6.45, 7) is 0.111. The Morgan fingerprint density at radius 3 is 1.36 bits per heavy atom. The quantitative estimate of drug-likeness (QED) is 0.153. The molecule has 2 heterocycles. The average Bonchev–Trinajstić information content (AvgIpc) is 3.83. The van der Waals surface area contributed by atoms with Crippen molar-refractivity contribution in [3.63, 3.8) is 0 Å². The largest absolute Gasteiger partial charge is 0.417 e. The smallest absolute Gasteiger partial charge is 0.308 e. The first-order valence-corrected chi connectivity index (χ1v) is 21.0. The Balaban J connectivity index is 1.18. The van der Waals surface area contributed by atoms with Crippen molar-refractivity contribution in [2.24, 2.45) is 0 Å². The van der Waals surface area contributed by atoms with Crippen molar-refractivity contribution in [1.82, 2.24) is 4.57 Å². The van der Waals surface area contributed by atoms with E-state index in [9.17, 15) is 52.7 Å². The van der Waals surface area contributed by atoms with E-state index in [0.717, 1.165) is 22.3 Å². The van der Waals surface area contributed by atoms with Crippen LogP contribution in [0.25, 0.3) is 72.0 Å². The molecule has 346 valence electrons. The molecular formula is C54H30F12N2O. The van der Waals surface area contributed by atoms with Gasteiger partial charge in [-0.15, -0.1) is 0 Å². The van der Waals surface area contributed by atoms with Gasteiger partial charge in [0.15, 0.2) is 0 Å². The highest BCUT2D eigenvalue weighted by Gasteiger charge is 2.41. The van der Waals surface area contributed by atoms with Crippen LogP contribution in [0.4, 0.5) is 58.4 Å². The first-order chi connectivity index (χ1) is 32.7. The van der Waals surface area contributed by atoms with Crippen molar-refractivity contribution in [1.29, 1.82) is 0 Å². The number of carbonyl (C=O) groups excluding carboxylic acids is 1. The van der Waals surface area contributed by atoms with Gasteiger partial charge in [-0.1, -0.05) is 103 Å². The van der Waals surface area contributed by atoms with Crippen LogP contribution in [0.5, 0.6) is 0 Å². The van der Waals surface area contributed by atoms with Crippen LogP contribution in [0.3, 0.4) is 0 Å². The summed E-state index contributed by atoms with van der Waals surface area (Å²) < 4.78 is 171. The number of halogens is 12. The van der Waals surface area contributed by atoms with Crippen molar-refractivity contribution in [2.45, 2.75) is 31.2 Å². The minimum absolute atomic E-state index is 0.00670. The first kappa shape index (κ1) is 45.0. The number of aromatic nitrogens is 1. The van der Waals surface area contributed by atoms with Gasteiger partial charge in [0.25, 0.3) is 5.91 Å². The zero-order valence-electron chi connectivity index (χ0n) is 35.2. The molecule has 1 aromatic heterocycles. The second-order valence-electron chi connectivity index (χ2n) is 16.5. The van der Waals surface area contributed by atoms with Crippen LogP contribution in [0, 0.1) is 0 Å². The number of hydrogen-bond donors (Lipinski definition) is 0. The number of anilines is 1. The van der Waals surface area contributed by atoms with Gasteiger partial charge in [-0.05, 0) is 111 Å². The van der Waals surface area contributed by atoms with Crippen molar-refractivity contribution in [3.05, 3.63) is 203 Å². The molecule has 1 amide bonds. The molecule has 10 rings (SSSR count). The summed E-state index contributed by atoms with van der Waals surface area (Å²) in [5, 5.41) is 0.223. The zero-order valence-corrected chi connectivity index (χ0v) is 35.2. The Bertz CT molecular complexity index is 3360. The van der Waals surface area contributed by atoms with E-state index in [1.807, 2.05) is 78.9 Å². The van der Waals surface area contributed by atoms with Gasteiger partial charge in [-0.2, -0.15) is 52.7 Å². The molecule has 0 atom stereocenters. The van der Waals surface area contributed by atoms with Crippen LogP contribution in [-0.4, -0.2) is 10.5 Å². The molecular weight excluding hydrogens is 921 g/mol. The minimum atomic E-state index is -5.26. The summed E-state index contributed by atoms with van der Waals surface area (Å²) >= 11 is 0. The molecule has 0 aliphatic carbocycles. The van der Waals surface area contributed by atoms with Crippen LogP contribution in [-0.2, 0) is 31.2 Å². The summed E-state index contributed by atoms with van der Waals surface area (Å²) in [6.07, 6.45) is -20.8. The molecule has 1 aliphatic rings. The molecule has 1 aliphatic heterocycles. The normalized spacial score (nSPS) is 13.4. The van der Waals surface area contributed by atoms with Gasteiger partial charge in [0, 0.05) is 16.3 Å². The number of carbonyl (C=O) groups is 1. The Labute approximate surface area is 384 Å². The molecule has 0 saturated carbocycles. The highest BCUT2D eigenvalue weighted by atomic mass is 19.4. The predicted molar refractivity (Wildman–Crippen MR) is 239 cm³/mol. The summed E-state index contributed by atoms with van der Waals surface area (Å²) in [7, 11) is 0. The van der Waals surface area contributed by atoms with Crippen LogP contribution in [0.15, 0.2) is 170 Å². The third-order valence-corrected chi connectivity index (χ3v) is 12.3. The van der Waals surface area contributed by atoms with Gasteiger partial charge in [-0.25, -0.2) is 0 Å². The molecule has 9 aromatic rings. The molecule has 0 saturated heterocycles. The molecule has 3 nitrogen and oxygen atoms in total. The fourth-order valence-electron chi connectivity index (χ4n) is 9.19. The number of fused-ring (bicyclic) bond motifs is 4. The van der Waals surface area contributed by atoms with Crippen molar-refractivity contribution < 1.29 is 57.5 Å². The summed E-state index contributed by atoms with van der Waals surface area (Å²) in [5.74, 6) is -0.423. The molecule has 0 N–H and O–H groups in total. The Morgan fingerprint density at radius 1 is 0.377 bits per heavy atom. The highest BCUT2D eigenvalue weighted by Crippen LogP contribution is 2.47. The van der Waals surface area contributed by atoms with Gasteiger partial charge in [0.05, 0.1) is 56.8 Å². The van der Waals surface area contributed by atoms with E-state index in [1.54, 1.807) is 27.7 Å². The van der Waals surface area contributed by atoms with E-state index in [4.69, 9.17) is 0 Å². The zero-order chi connectivity index (χ0) is 48.8. The summed E-state index contributed by atoms with van der Waals surface area (Å²) in [5.41, 5.74) is -2.35. The van der Waals surface area contributed by atoms with Crippen LogP contribution in [0.2, 0.25) is 0 Å². The number of hydrogen-bond acceptors (Lipinski definition) is 1. The fourth-order valence-corrected chi connectivity index (χ4v) is 9.19. The predicted octanol–water partition coefficient (Wildman–Crippen LogP) is 16.7. The molecule has 69 heavy (non-hydrogen) atoms. The maximum absolute atomic E-state index is 15.0. The van der Waals surface area contributed by atoms with Crippen molar-refractivity contribution in [3.8, 4) is 50.2 Å². The molecule has 8 aromatic carbocycles. The lowest BCUT2D eigenvalue weighted by Gasteiger charge is -2.21. The molecule has 15 heteroatoms. The van der Waals surface area contributed by atoms with E-state index < -0.39 is 64.0 Å². The van der Waals surface area contributed by atoms with Crippen LogP contribution in [0.1, 0.15) is 38.2 Å². The van der Waals surface area contributed by atoms with Gasteiger partial charge < -0.3 is 9.47 Å². The number of nitrogens with zero attached hydrogens (tertiary/aromatic N) is 2. The second kappa shape index (κ2) is 16.2.